The van der Waals surface area contributed by atoms with Gasteiger partial charge < -0.3 is 5.32 Å². The molecule has 0 aliphatic rings. The number of hydrogen-bond acceptors (Lipinski definition) is 4. The predicted octanol–water partition coefficient (Wildman–Crippen LogP) is 3.07. The molecule has 5 heteroatoms. The van der Waals surface area contributed by atoms with Crippen molar-refractivity contribution < 1.29 is 0 Å². The summed E-state index contributed by atoms with van der Waals surface area (Å²) in [5.74, 6) is 2.25. The van der Waals surface area contributed by atoms with Crippen molar-refractivity contribution >= 4 is 5.82 Å². The largest absolute Gasteiger partial charge is 0.370 e. The molecule has 0 aliphatic carbocycles. The van der Waals surface area contributed by atoms with Crippen molar-refractivity contribution in [3.8, 4) is 17.2 Å². The van der Waals surface area contributed by atoms with E-state index in [2.05, 4.69) is 20.4 Å². The maximum atomic E-state index is 4.62. The lowest BCUT2D eigenvalue weighted by atomic mass is 10.2. The molecule has 3 rings (SSSR count). The normalized spacial score (nSPS) is 10.6. The van der Waals surface area contributed by atoms with E-state index in [1.54, 1.807) is 4.68 Å². The second-order valence-electron chi connectivity index (χ2n) is 4.79. The third-order valence-corrected chi connectivity index (χ3v) is 3.05. The minimum Gasteiger partial charge on any atom is -0.370 e. The smallest absolute Gasteiger partial charge is 0.163 e. The summed E-state index contributed by atoms with van der Waals surface area (Å²) in [5.41, 5.74) is 2.09. The molecule has 0 aliphatic heterocycles. The molecular formula is C16H17N5. The first-order chi connectivity index (χ1) is 10.3. The van der Waals surface area contributed by atoms with Crippen molar-refractivity contribution in [1.29, 1.82) is 0 Å². The number of nitrogens with zero attached hydrogens (tertiary/aromatic N) is 4. The lowest BCUT2D eigenvalue weighted by Crippen LogP contribution is -2.06. The average molecular weight is 279 g/mol. The lowest BCUT2D eigenvalue weighted by Gasteiger charge is -2.09. The van der Waals surface area contributed by atoms with Gasteiger partial charge in [-0.1, -0.05) is 30.3 Å². The molecule has 0 saturated heterocycles. The molecule has 0 fully saturated rings. The van der Waals surface area contributed by atoms with Gasteiger partial charge in [0.25, 0.3) is 0 Å². The highest BCUT2D eigenvalue weighted by atomic mass is 15.3. The van der Waals surface area contributed by atoms with Gasteiger partial charge in [-0.05, 0) is 19.4 Å². The molecule has 0 radical (unpaired) electrons. The topological polar surface area (TPSA) is 55.6 Å². The summed E-state index contributed by atoms with van der Waals surface area (Å²) >= 11 is 0. The van der Waals surface area contributed by atoms with Crippen LogP contribution in [0.15, 0.2) is 48.8 Å². The van der Waals surface area contributed by atoms with E-state index >= 15 is 0 Å². The fourth-order valence-corrected chi connectivity index (χ4v) is 2.08. The van der Waals surface area contributed by atoms with E-state index in [-0.39, 0.29) is 0 Å². The second kappa shape index (κ2) is 5.75. The summed E-state index contributed by atoms with van der Waals surface area (Å²) in [4.78, 5) is 9.18. The van der Waals surface area contributed by atoms with Crippen LogP contribution in [0.5, 0.6) is 0 Å². The molecule has 106 valence electrons. The number of anilines is 1. The Kier molecular flexibility index (Phi) is 3.64. The summed E-state index contributed by atoms with van der Waals surface area (Å²) in [6.45, 7) is 4.86. The zero-order valence-electron chi connectivity index (χ0n) is 12.1. The van der Waals surface area contributed by atoms with E-state index in [9.17, 15) is 0 Å². The Hall–Kier alpha value is -2.69. The van der Waals surface area contributed by atoms with Crippen LogP contribution in [0.25, 0.3) is 17.2 Å². The van der Waals surface area contributed by atoms with Crippen LogP contribution in [0, 0.1) is 6.92 Å². The van der Waals surface area contributed by atoms with Crippen LogP contribution < -0.4 is 5.32 Å². The first kappa shape index (κ1) is 13.3. The summed E-state index contributed by atoms with van der Waals surface area (Å²) in [6, 6.07) is 11.9. The van der Waals surface area contributed by atoms with Crippen LogP contribution in [0.1, 0.15) is 12.5 Å². The van der Waals surface area contributed by atoms with Crippen LogP contribution in [0.3, 0.4) is 0 Å². The van der Waals surface area contributed by atoms with Gasteiger partial charge in [-0.25, -0.2) is 14.6 Å². The third-order valence-electron chi connectivity index (χ3n) is 3.05. The first-order valence-corrected chi connectivity index (χ1v) is 6.96. The minimum absolute atomic E-state index is 0.692. The predicted molar refractivity (Wildman–Crippen MR) is 83.5 cm³/mol. The molecule has 0 saturated carbocycles. The zero-order chi connectivity index (χ0) is 14.7. The van der Waals surface area contributed by atoms with E-state index in [1.165, 1.54) is 0 Å². The fourth-order valence-electron chi connectivity index (χ4n) is 2.08. The summed E-state index contributed by atoms with van der Waals surface area (Å²) in [5, 5.41) is 7.56. The van der Waals surface area contributed by atoms with Crippen molar-refractivity contribution in [3.63, 3.8) is 0 Å². The van der Waals surface area contributed by atoms with E-state index in [0.717, 1.165) is 29.3 Å². The van der Waals surface area contributed by atoms with Crippen LogP contribution in [0.4, 0.5) is 5.82 Å². The Labute approximate surface area is 123 Å². The third kappa shape index (κ3) is 2.91. The Balaban J connectivity index is 2.10. The average Bonchev–Trinajstić information content (AvgIpc) is 2.95. The molecule has 0 amide bonds. The van der Waals surface area contributed by atoms with Gasteiger partial charge in [0.15, 0.2) is 11.6 Å². The zero-order valence-corrected chi connectivity index (χ0v) is 12.1. The van der Waals surface area contributed by atoms with Gasteiger partial charge in [0.1, 0.15) is 5.82 Å². The van der Waals surface area contributed by atoms with Gasteiger partial charge in [0.2, 0.25) is 0 Å². The summed E-state index contributed by atoms with van der Waals surface area (Å²) < 4.78 is 1.77. The number of nitrogens with one attached hydrogen (secondary N) is 1. The van der Waals surface area contributed by atoms with Crippen molar-refractivity contribution in [3.05, 3.63) is 54.4 Å². The van der Waals surface area contributed by atoms with Crippen LogP contribution in [-0.2, 0) is 0 Å². The SMILES string of the molecule is CCNc1cc(-n2cc(C)cn2)nc(-c2ccccc2)n1. The quantitative estimate of drug-likeness (QED) is 0.797. The summed E-state index contributed by atoms with van der Waals surface area (Å²) in [7, 11) is 0. The molecule has 21 heavy (non-hydrogen) atoms. The number of aryl methyl sites for hydroxylation is 1. The Morgan fingerprint density at radius 2 is 1.95 bits per heavy atom. The number of hydrogen-bond donors (Lipinski definition) is 1. The lowest BCUT2D eigenvalue weighted by molar-refractivity contribution is 0.841. The van der Waals surface area contributed by atoms with Crippen molar-refractivity contribution in [2.24, 2.45) is 0 Å². The van der Waals surface area contributed by atoms with E-state index in [4.69, 9.17) is 0 Å². The Morgan fingerprint density at radius 3 is 2.62 bits per heavy atom. The molecule has 0 atom stereocenters. The number of benzene rings is 1. The number of aromatic nitrogens is 4. The Morgan fingerprint density at radius 1 is 1.14 bits per heavy atom. The van der Waals surface area contributed by atoms with Gasteiger partial charge >= 0.3 is 0 Å². The maximum Gasteiger partial charge on any atom is 0.163 e. The van der Waals surface area contributed by atoms with Crippen molar-refractivity contribution in [1.82, 2.24) is 19.7 Å². The first-order valence-electron chi connectivity index (χ1n) is 6.96. The van der Waals surface area contributed by atoms with Crippen molar-refractivity contribution in [2.75, 3.05) is 11.9 Å². The highest BCUT2D eigenvalue weighted by Crippen LogP contribution is 2.19. The molecule has 5 nitrogen and oxygen atoms in total. The van der Waals surface area contributed by atoms with Gasteiger partial charge in [0.05, 0.1) is 6.20 Å². The molecule has 1 N–H and O–H groups in total. The monoisotopic (exact) mass is 279 g/mol. The van der Waals surface area contributed by atoms with E-state index in [1.807, 2.05) is 62.6 Å². The van der Waals surface area contributed by atoms with Crippen LogP contribution >= 0.6 is 0 Å². The highest BCUT2D eigenvalue weighted by molar-refractivity contribution is 5.59. The molecule has 3 aromatic rings. The van der Waals surface area contributed by atoms with Crippen LogP contribution in [0.2, 0.25) is 0 Å². The molecule has 2 heterocycles. The minimum atomic E-state index is 0.692. The van der Waals surface area contributed by atoms with E-state index < -0.39 is 0 Å². The van der Waals surface area contributed by atoms with Crippen LogP contribution in [-0.4, -0.2) is 26.3 Å². The fraction of sp³-hybridized carbons (Fsp3) is 0.188. The van der Waals surface area contributed by atoms with E-state index in [0.29, 0.717) is 5.82 Å². The molecule has 0 bridgehead atoms. The van der Waals surface area contributed by atoms with Gasteiger partial charge in [-0.2, -0.15) is 5.10 Å². The van der Waals surface area contributed by atoms with Crippen molar-refractivity contribution in [2.45, 2.75) is 13.8 Å². The van der Waals surface area contributed by atoms with Gasteiger partial charge in [-0.15, -0.1) is 0 Å². The molecule has 0 spiro atoms. The molecular weight excluding hydrogens is 262 g/mol. The number of rotatable bonds is 4. The van der Waals surface area contributed by atoms with Gasteiger partial charge in [-0.3, -0.25) is 0 Å². The van der Waals surface area contributed by atoms with Gasteiger partial charge in [0, 0.05) is 24.4 Å². The maximum absolute atomic E-state index is 4.62. The molecule has 1 aromatic carbocycles. The highest BCUT2D eigenvalue weighted by Gasteiger charge is 2.08. The standard InChI is InChI=1S/C16H17N5/c1-3-17-14-9-15(21-11-12(2)10-18-21)20-16(19-14)13-7-5-4-6-8-13/h4-11H,3H2,1-2H3,(H,17,19,20). The Bertz CT molecular complexity index is 733. The molecule has 2 aromatic heterocycles. The second-order valence-corrected chi connectivity index (χ2v) is 4.79. The summed E-state index contributed by atoms with van der Waals surface area (Å²) in [6.07, 6.45) is 3.77. The molecule has 0 unspecified atom stereocenters.